The van der Waals surface area contributed by atoms with Crippen LogP contribution in [0.5, 0.6) is 0 Å². The third-order valence-corrected chi connectivity index (χ3v) is 6.00. The number of benzene rings is 1. The molecule has 1 amide bonds. The zero-order chi connectivity index (χ0) is 19.1. The Bertz CT molecular complexity index is 659. The molecule has 0 unspecified atom stereocenters. The molecule has 4 nitrogen and oxygen atoms in total. The SMILES string of the molecule is Cc1cc(B2OC(C)(C)C(C)(C)O2)cc(F)c1C(=O)NC1CCCCC1. The van der Waals surface area contributed by atoms with Crippen LogP contribution in [0, 0.1) is 12.7 Å². The first-order valence-electron chi connectivity index (χ1n) is 9.57. The van der Waals surface area contributed by atoms with Gasteiger partial charge in [-0.2, -0.15) is 0 Å². The van der Waals surface area contributed by atoms with E-state index in [9.17, 15) is 9.18 Å². The summed E-state index contributed by atoms with van der Waals surface area (Å²) in [6, 6.07) is 3.31. The van der Waals surface area contributed by atoms with Gasteiger partial charge in [0.2, 0.25) is 0 Å². The highest BCUT2D eigenvalue weighted by molar-refractivity contribution is 6.62. The van der Waals surface area contributed by atoms with Gasteiger partial charge in [-0.25, -0.2) is 4.39 Å². The molecule has 0 radical (unpaired) electrons. The second-order valence-corrected chi connectivity index (χ2v) is 8.59. The molecule has 2 aliphatic rings. The largest absolute Gasteiger partial charge is 0.494 e. The summed E-state index contributed by atoms with van der Waals surface area (Å²) in [5, 5.41) is 2.99. The van der Waals surface area contributed by atoms with Gasteiger partial charge in [0.15, 0.2) is 0 Å². The van der Waals surface area contributed by atoms with Crippen molar-refractivity contribution in [3.05, 3.63) is 29.1 Å². The first-order valence-corrected chi connectivity index (χ1v) is 9.57. The lowest BCUT2D eigenvalue weighted by Crippen LogP contribution is -2.41. The van der Waals surface area contributed by atoms with Crippen molar-refractivity contribution < 1.29 is 18.5 Å². The molecule has 3 rings (SSSR count). The van der Waals surface area contributed by atoms with Crippen molar-refractivity contribution in [2.45, 2.75) is 84.0 Å². The summed E-state index contributed by atoms with van der Waals surface area (Å²) >= 11 is 0. The van der Waals surface area contributed by atoms with Gasteiger partial charge in [0.05, 0.1) is 16.8 Å². The zero-order valence-electron chi connectivity index (χ0n) is 16.4. The minimum atomic E-state index is -0.636. The Balaban J connectivity index is 1.79. The molecule has 2 fully saturated rings. The van der Waals surface area contributed by atoms with Gasteiger partial charge >= 0.3 is 7.12 Å². The number of carbonyl (C=O) groups excluding carboxylic acids is 1. The number of hydrogen-bond acceptors (Lipinski definition) is 3. The van der Waals surface area contributed by atoms with E-state index in [0.29, 0.717) is 11.0 Å². The van der Waals surface area contributed by atoms with Crippen LogP contribution in [-0.2, 0) is 9.31 Å². The summed E-state index contributed by atoms with van der Waals surface area (Å²) in [7, 11) is -0.636. The smallest absolute Gasteiger partial charge is 0.399 e. The normalized spacial score (nSPS) is 22.5. The first kappa shape index (κ1) is 19.4. The summed E-state index contributed by atoms with van der Waals surface area (Å²) < 4.78 is 26.8. The molecule has 142 valence electrons. The molecule has 0 spiro atoms. The van der Waals surface area contributed by atoms with Crippen molar-refractivity contribution in [2.75, 3.05) is 0 Å². The monoisotopic (exact) mass is 361 g/mol. The second-order valence-electron chi connectivity index (χ2n) is 8.59. The van der Waals surface area contributed by atoms with Crippen LogP contribution in [0.4, 0.5) is 4.39 Å². The fourth-order valence-electron chi connectivity index (χ4n) is 3.68. The van der Waals surface area contributed by atoms with Gasteiger partial charge in [-0.15, -0.1) is 0 Å². The average Bonchev–Trinajstić information content (AvgIpc) is 2.75. The Morgan fingerprint density at radius 2 is 1.69 bits per heavy atom. The minimum Gasteiger partial charge on any atom is -0.399 e. The molecular formula is C20H29BFNO3. The van der Waals surface area contributed by atoms with E-state index in [1.807, 2.05) is 27.7 Å². The summed E-state index contributed by atoms with van der Waals surface area (Å²) in [4.78, 5) is 12.6. The van der Waals surface area contributed by atoms with Crippen molar-refractivity contribution in [3.8, 4) is 0 Å². The van der Waals surface area contributed by atoms with Crippen molar-refractivity contribution in [1.82, 2.24) is 5.32 Å². The van der Waals surface area contributed by atoms with Crippen LogP contribution in [0.2, 0.25) is 0 Å². The quantitative estimate of drug-likeness (QED) is 0.839. The highest BCUT2D eigenvalue weighted by atomic mass is 19.1. The molecule has 1 aliphatic heterocycles. The van der Waals surface area contributed by atoms with E-state index in [0.717, 1.165) is 25.7 Å². The first-order chi connectivity index (χ1) is 12.1. The lowest BCUT2D eigenvalue weighted by molar-refractivity contribution is 0.00578. The maximum Gasteiger partial charge on any atom is 0.494 e. The fraction of sp³-hybridized carbons (Fsp3) is 0.650. The maximum atomic E-state index is 14.8. The lowest BCUT2D eigenvalue weighted by atomic mass is 9.77. The number of amides is 1. The van der Waals surface area contributed by atoms with Gasteiger partial charge < -0.3 is 14.6 Å². The highest BCUT2D eigenvalue weighted by Crippen LogP contribution is 2.36. The number of hydrogen-bond donors (Lipinski definition) is 1. The van der Waals surface area contributed by atoms with Gasteiger partial charge in [0, 0.05) is 6.04 Å². The molecule has 0 aromatic heterocycles. The number of aryl methyl sites for hydroxylation is 1. The predicted octanol–water partition coefficient (Wildman–Crippen LogP) is 3.50. The van der Waals surface area contributed by atoms with Crippen molar-refractivity contribution >= 4 is 18.5 Å². The van der Waals surface area contributed by atoms with E-state index in [1.165, 1.54) is 12.5 Å². The average molecular weight is 361 g/mol. The Kier molecular flexibility index (Phi) is 5.19. The summed E-state index contributed by atoms with van der Waals surface area (Å²) in [5.41, 5.74) is 0.352. The van der Waals surface area contributed by atoms with Gasteiger partial charge in [-0.05, 0) is 64.6 Å². The molecule has 1 aliphatic carbocycles. The van der Waals surface area contributed by atoms with Crippen LogP contribution >= 0.6 is 0 Å². The van der Waals surface area contributed by atoms with Crippen LogP contribution in [-0.4, -0.2) is 30.3 Å². The molecule has 1 N–H and O–H groups in total. The van der Waals surface area contributed by atoms with Crippen LogP contribution in [0.25, 0.3) is 0 Å². The molecule has 1 saturated heterocycles. The fourth-order valence-corrected chi connectivity index (χ4v) is 3.68. The minimum absolute atomic E-state index is 0.121. The highest BCUT2D eigenvalue weighted by Gasteiger charge is 2.51. The zero-order valence-corrected chi connectivity index (χ0v) is 16.4. The molecule has 1 aromatic rings. The van der Waals surface area contributed by atoms with Crippen LogP contribution in [0.1, 0.15) is 75.7 Å². The van der Waals surface area contributed by atoms with Gasteiger partial charge in [0.1, 0.15) is 5.82 Å². The Morgan fingerprint density at radius 1 is 1.12 bits per heavy atom. The molecule has 0 bridgehead atoms. The van der Waals surface area contributed by atoms with Crippen molar-refractivity contribution in [3.63, 3.8) is 0 Å². The summed E-state index contributed by atoms with van der Waals surface area (Å²) in [6.45, 7) is 9.60. The molecule has 1 saturated carbocycles. The topological polar surface area (TPSA) is 47.6 Å². The van der Waals surface area contributed by atoms with E-state index in [2.05, 4.69) is 5.32 Å². The van der Waals surface area contributed by atoms with E-state index in [4.69, 9.17) is 9.31 Å². The van der Waals surface area contributed by atoms with Gasteiger partial charge in [-0.3, -0.25) is 4.79 Å². The van der Waals surface area contributed by atoms with Gasteiger partial charge in [-0.1, -0.05) is 25.3 Å². The standard InChI is InChI=1S/C20H29BFNO3/c1-13-11-14(21-25-19(2,3)20(4,5)26-21)12-16(22)17(13)18(24)23-15-9-7-6-8-10-15/h11-12,15H,6-10H2,1-5H3,(H,23,24). The molecular weight excluding hydrogens is 332 g/mol. The molecule has 1 aromatic carbocycles. The van der Waals surface area contributed by atoms with Crippen molar-refractivity contribution in [2.24, 2.45) is 0 Å². The molecule has 1 heterocycles. The second kappa shape index (κ2) is 6.97. The summed E-state index contributed by atoms with van der Waals surface area (Å²) in [5.74, 6) is -0.851. The maximum absolute atomic E-state index is 14.8. The number of carbonyl (C=O) groups is 1. The van der Waals surface area contributed by atoms with Crippen molar-refractivity contribution in [1.29, 1.82) is 0 Å². The molecule has 6 heteroatoms. The van der Waals surface area contributed by atoms with E-state index < -0.39 is 24.1 Å². The Labute approximate surface area is 156 Å². The third kappa shape index (κ3) is 3.67. The predicted molar refractivity (Wildman–Crippen MR) is 101 cm³/mol. The third-order valence-electron chi connectivity index (χ3n) is 6.00. The van der Waals surface area contributed by atoms with E-state index in [-0.39, 0.29) is 17.5 Å². The Morgan fingerprint density at radius 3 is 2.23 bits per heavy atom. The van der Waals surface area contributed by atoms with Gasteiger partial charge in [0.25, 0.3) is 5.91 Å². The number of rotatable bonds is 3. The summed E-state index contributed by atoms with van der Waals surface area (Å²) in [6.07, 6.45) is 5.39. The Hall–Kier alpha value is -1.40. The van der Waals surface area contributed by atoms with Crippen LogP contribution in [0.15, 0.2) is 12.1 Å². The molecule has 0 atom stereocenters. The number of nitrogens with one attached hydrogen (secondary N) is 1. The van der Waals surface area contributed by atoms with E-state index >= 15 is 0 Å². The number of halogens is 1. The van der Waals surface area contributed by atoms with Crippen LogP contribution < -0.4 is 10.8 Å². The molecule has 26 heavy (non-hydrogen) atoms. The van der Waals surface area contributed by atoms with E-state index in [1.54, 1.807) is 13.0 Å². The lowest BCUT2D eigenvalue weighted by Gasteiger charge is -2.32. The van der Waals surface area contributed by atoms with Crippen LogP contribution in [0.3, 0.4) is 0 Å².